The summed E-state index contributed by atoms with van der Waals surface area (Å²) in [6.45, 7) is 7.14. The first-order chi connectivity index (χ1) is 9.09. The highest BCUT2D eigenvalue weighted by molar-refractivity contribution is 5.54. The first kappa shape index (κ1) is 12.5. The van der Waals surface area contributed by atoms with Crippen LogP contribution in [0.1, 0.15) is 40.0 Å². The monoisotopic (exact) mass is 253 g/mol. The number of fused-ring (bicyclic) bond motifs is 3. The van der Waals surface area contributed by atoms with Crippen LogP contribution in [-0.4, -0.2) is 0 Å². The highest BCUT2D eigenvalue weighted by atomic mass is 14.9. The topological polar surface area (TPSA) is 12.0 Å². The van der Waals surface area contributed by atoms with E-state index in [9.17, 15) is 0 Å². The summed E-state index contributed by atoms with van der Waals surface area (Å²) in [5, 5.41) is 3.62. The van der Waals surface area contributed by atoms with Gasteiger partial charge in [-0.15, -0.1) is 0 Å². The largest absolute Gasteiger partial charge is 0.356 e. The van der Waals surface area contributed by atoms with E-state index in [4.69, 9.17) is 0 Å². The normalized spacial score (nSPS) is 30.1. The molecular weight excluding hydrogens is 230 g/mol. The van der Waals surface area contributed by atoms with Crippen LogP contribution >= 0.6 is 0 Å². The maximum absolute atomic E-state index is 3.62. The molecular formula is C18H23N. The van der Waals surface area contributed by atoms with Gasteiger partial charge in [-0.25, -0.2) is 0 Å². The summed E-state index contributed by atoms with van der Waals surface area (Å²) in [7, 11) is 0. The van der Waals surface area contributed by atoms with Gasteiger partial charge in [0.15, 0.2) is 0 Å². The molecule has 1 saturated carbocycles. The highest BCUT2D eigenvalue weighted by Gasteiger charge is 2.39. The van der Waals surface area contributed by atoms with Crippen molar-refractivity contribution in [2.24, 2.45) is 11.3 Å². The first-order valence-corrected chi connectivity index (χ1v) is 7.32. The SMILES string of the molecule is CC1=CC(Nc2ccccc2)=C2CCC1(C)C(C)C2. The van der Waals surface area contributed by atoms with Gasteiger partial charge in [-0.1, -0.05) is 37.6 Å². The average molecular weight is 253 g/mol. The van der Waals surface area contributed by atoms with Crippen LogP contribution in [0.2, 0.25) is 0 Å². The van der Waals surface area contributed by atoms with E-state index in [1.165, 1.54) is 36.2 Å². The van der Waals surface area contributed by atoms with Crippen LogP contribution in [0.15, 0.2) is 53.3 Å². The summed E-state index contributed by atoms with van der Waals surface area (Å²) < 4.78 is 0. The summed E-state index contributed by atoms with van der Waals surface area (Å²) in [5.41, 5.74) is 6.06. The van der Waals surface area contributed by atoms with Gasteiger partial charge < -0.3 is 5.32 Å². The smallest absolute Gasteiger partial charge is 0.0384 e. The van der Waals surface area contributed by atoms with Crippen molar-refractivity contribution in [1.82, 2.24) is 0 Å². The lowest BCUT2D eigenvalue weighted by molar-refractivity contribution is 0.209. The van der Waals surface area contributed by atoms with Crippen molar-refractivity contribution in [3.05, 3.63) is 53.3 Å². The second-order valence-corrected chi connectivity index (χ2v) is 6.36. The molecule has 1 aromatic rings. The Balaban J connectivity index is 1.97. The number of hydrogen-bond acceptors (Lipinski definition) is 1. The van der Waals surface area contributed by atoms with Crippen LogP contribution in [0.25, 0.3) is 0 Å². The van der Waals surface area contributed by atoms with Gasteiger partial charge >= 0.3 is 0 Å². The highest BCUT2D eigenvalue weighted by Crippen LogP contribution is 2.51. The number of allylic oxidation sites excluding steroid dienone is 3. The third-order valence-electron chi connectivity index (χ3n) is 5.28. The summed E-state index contributed by atoms with van der Waals surface area (Å²) in [6.07, 6.45) is 6.16. The minimum Gasteiger partial charge on any atom is -0.356 e. The summed E-state index contributed by atoms with van der Waals surface area (Å²) >= 11 is 0. The van der Waals surface area contributed by atoms with E-state index in [1.807, 2.05) is 0 Å². The molecule has 19 heavy (non-hydrogen) atoms. The quantitative estimate of drug-likeness (QED) is 0.769. The predicted octanol–water partition coefficient (Wildman–Crippen LogP) is 5.14. The zero-order valence-corrected chi connectivity index (χ0v) is 12.2. The standard InChI is InChI=1S/C18H23N/c1-13-11-15-9-10-18(13,3)14(2)12-17(15)19-16-7-5-4-6-8-16/h4-8,12-13,19H,9-11H2,1-3H3. The second kappa shape index (κ2) is 4.56. The van der Waals surface area contributed by atoms with Crippen molar-refractivity contribution >= 4 is 5.69 Å². The Morgan fingerprint density at radius 1 is 1.21 bits per heavy atom. The van der Waals surface area contributed by atoms with Crippen LogP contribution in [-0.2, 0) is 0 Å². The molecule has 4 rings (SSSR count). The molecule has 2 unspecified atom stereocenters. The van der Waals surface area contributed by atoms with Crippen molar-refractivity contribution in [3.8, 4) is 0 Å². The van der Waals surface area contributed by atoms with E-state index in [-0.39, 0.29) is 0 Å². The fourth-order valence-corrected chi connectivity index (χ4v) is 3.47. The van der Waals surface area contributed by atoms with E-state index in [2.05, 4.69) is 62.5 Å². The number of hydrogen-bond donors (Lipinski definition) is 1. The molecule has 3 aliphatic rings. The maximum Gasteiger partial charge on any atom is 0.0384 e. The Bertz CT molecular complexity index is 538. The zero-order valence-electron chi connectivity index (χ0n) is 12.2. The number of rotatable bonds is 2. The molecule has 0 spiro atoms. The molecule has 0 amide bonds. The summed E-state index contributed by atoms with van der Waals surface area (Å²) in [5.74, 6) is 0.752. The van der Waals surface area contributed by atoms with Crippen molar-refractivity contribution in [2.45, 2.75) is 40.0 Å². The molecule has 1 fully saturated rings. The number of nitrogens with one attached hydrogen (secondary N) is 1. The Kier molecular flexibility index (Phi) is 3.00. The zero-order chi connectivity index (χ0) is 13.5. The van der Waals surface area contributed by atoms with Crippen molar-refractivity contribution in [1.29, 1.82) is 0 Å². The van der Waals surface area contributed by atoms with Gasteiger partial charge in [-0.3, -0.25) is 0 Å². The Morgan fingerprint density at radius 3 is 2.63 bits per heavy atom. The maximum atomic E-state index is 3.62. The number of para-hydroxylation sites is 1. The molecule has 3 aliphatic carbocycles. The average Bonchev–Trinajstić information content (AvgIpc) is 2.57. The van der Waals surface area contributed by atoms with Gasteiger partial charge in [0.25, 0.3) is 0 Å². The second-order valence-electron chi connectivity index (χ2n) is 6.36. The molecule has 1 N–H and O–H groups in total. The molecule has 1 aromatic carbocycles. The summed E-state index contributed by atoms with van der Waals surface area (Å²) in [4.78, 5) is 0. The van der Waals surface area contributed by atoms with Crippen molar-refractivity contribution < 1.29 is 0 Å². The van der Waals surface area contributed by atoms with E-state index >= 15 is 0 Å². The fourth-order valence-electron chi connectivity index (χ4n) is 3.47. The lowest BCUT2D eigenvalue weighted by Gasteiger charge is -2.40. The van der Waals surface area contributed by atoms with Crippen LogP contribution in [0.3, 0.4) is 0 Å². The van der Waals surface area contributed by atoms with Gasteiger partial charge in [0.1, 0.15) is 0 Å². The molecule has 0 aromatic heterocycles. The molecule has 1 nitrogen and oxygen atoms in total. The lowest BCUT2D eigenvalue weighted by Crippen LogP contribution is -2.29. The molecule has 1 heteroatoms. The Hall–Kier alpha value is -1.50. The fraction of sp³-hybridized carbons (Fsp3) is 0.444. The third kappa shape index (κ3) is 2.11. The van der Waals surface area contributed by atoms with Crippen molar-refractivity contribution in [3.63, 3.8) is 0 Å². The first-order valence-electron chi connectivity index (χ1n) is 7.32. The Labute approximate surface area is 116 Å². The molecule has 0 heterocycles. The van der Waals surface area contributed by atoms with Gasteiger partial charge in [0, 0.05) is 11.4 Å². The van der Waals surface area contributed by atoms with E-state index in [0.717, 1.165) is 5.92 Å². The van der Waals surface area contributed by atoms with Crippen molar-refractivity contribution in [2.75, 3.05) is 5.32 Å². The minimum atomic E-state index is 0.392. The molecule has 2 atom stereocenters. The molecule has 0 radical (unpaired) electrons. The van der Waals surface area contributed by atoms with Gasteiger partial charge in [-0.05, 0) is 61.3 Å². The Morgan fingerprint density at radius 2 is 1.95 bits per heavy atom. The summed E-state index contributed by atoms with van der Waals surface area (Å²) in [6, 6.07) is 10.5. The van der Waals surface area contributed by atoms with E-state index in [1.54, 1.807) is 5.57 Å². The lowest BCUT2D eigenvalue weighted by atomic mass is 9.65. The molecule has 0 aliphatic heterocycles. The van der Waals surface area contributed by atoms with Crippen LogP contribution in [0, 0.1) is 11.3 Å². The minimum absolute atomic E-state index is 0.392. The number of anilines is 1. The molecule has 100 valence electrons. The predicted molar refractivity (Wildman–Crippen MR) is 82.0 cm³/mol. The molecule has 2 bridgehead atoms. The van der Waals surface area contributed by atoms with Crippen LogP contribution in [0.4, 0.5) is 5.69 Å². The molecule has 0 saturated heterocycles. The van der Waals surface area contributed by atoms with Crippen LogP contribution < -0.4 is 5.32 Å². The van der Waals surface area contributed by atoms with Gasteiger partial charge in [-0.2, -0.15) is 0 Å². The van der Waals surface area contributed by atoms with Crippen LogP contribution in [0.5, 0.6) is 0 Å². The van der Waals surface area contributed by atoms with Gasteiger partial charge in [0.05, 0.1) is 0 Å². The van der Waals surface area contributed by atoms with Gasteiger partial charge in [0.2, 0.25) is 0 Å². The van der Waals surface area contributed by atoms with E-state index < -0.39 is 0 Å². The number of benzene rings is 1. The third-order valence-corrected chi connectivity index (χ3v) is 5.28. The van der Waals surface area contributed by atoms with E-state index in [0.29, 0.717) is 5.41 Å².